The Hall–Kier alpha value is -1.13. The molecule has 4 rings (SSSR count). The highest BCUT2D eigenvalue weighted by atomic mass is 32.2. The summed E-state index contributed by atoms with van der Waals surface area (Å²) in [6.45, 7) is 15.0. The fourth-order valence-electron chi connectivity index (χ4n) is 9.43. The van der Waals surface area contributed by atoms with Gasteiger partial charge >= 0.3 is 5.51 Å². The van der Waals surface area contributed by atoms with Crippen LogP contribution >= 0.6 is 0 Å². The van der Waals surface area contributed by atoms with Gasteiger partial charge in [0.05, 0.1) is 20.2 Å². The zero-order valence-corrected chi connectivity index (χ0v) is 26.4. The molecule has 0 aromatic heterocycles. The molecule has 6 nitrogen and oxygen atoms in total. The van der Waals surface area contributed by atoms with E-state index < -0.39 is 15.6 Å². The van der Waals surface area contributed by atoms with Gasteiger partial charge in [0, 0.05) is 6.42 Å². The average molecular weight is 593 g/mol. The van der Waals surface area contributed by atoms with Crippen molar-refractivity contribution in [2.75, 3.05) is 14.1 Å². The van der Waals surface area contributed by atoms with Gasteiger partial charge in [0.25, 0.3) is 0 Å². The average Bonchev–Trinajstić information content (AvgIpc) is 3.10. The minimum atomic E-state index is -6.09. The summed E-state index contributed by atoms with van der Waals surface area (Å²) in [5.74, 6) is 3.15. The molecule has 2 saturated carbocycles. The summed E-state index contributed by atoms with van der Waals surface area (Å²) in [6, 6.07) is 0. The first kappa shape index (κ1) is 33.4. The maximum absolute atomic E-state index is 10.8. The van der Waals surface area contributed by atoms with E-state index in [2.05, 4.69) is 60.2 Å². The number of nitrogens with zero attached hydrogens (tertiary/aromatic N) is 1. The fraction of sp³-hybridized carbons (Fsp3) is 0.900. The molecule has 0 radical (unpaired) electrons. The molecular formula is C30H51F3N2O4S. The second kappa shape index (κ2) is 10.9. The third-order valence-corrected chi connectivity index (χ3v) is 12.8. The van der Waals surface area contributed by atoms with Gasteiger partial charge in [-0.25, -0.2) is 8.42 Å². The Balaban J connectivity index is 0.000000482. The van der Waals surface area contributed by atoms with Gasteiger partial charge in [-0.2, -0.15) is 13.2 Å². The lowest BCUT2D eigenvalue weighted by molar-refractivity contribution is -0.466. The number of fused-ring (bicyclic) bond motifs is 4. The first-order chi connectivity index (χ1) is 18.0. The number of allylic oxidation sites excluding steroid dienone is 2. The molecule has 2 fully saturated rings. The van der Waals surface area contributed by atoms with Crippen LogP contribution in [0.4, 0.5) is 13.2 Å². The molecule has 0 bridgehead atoms. The number of nitrogens with two attached hydrogens (primary N) is 1. The molecule has 0 aromatic carbocycles. The van der Waals surface area contributed by atoms with Gasteiger partial charge in [0.15, 0.2) is 10.1 Å². The van der Waals surface area contributed by atoms with Crippen molar-refractivity contribution in [3.8, 4) is 0 Å². The van der Waals surface area contributed by atoms with Crippen molar-refractivity contribution in [1.29, 1.82) is 0 Å². The molecule has 0 amide bonds. The molecule has 4 aliphatic carbocycles. The summed E-state index contributed by atoms with van der Waals surface area (Å²) in [7, 11) is -1.97. The molecule has 40 heavy (non-hydrogen) atoms. The summed E-state index contributed by atoms with van der Waals surface area (Å²) >= 11 is 0. The van der Waals surface area contributed by atoms with Gasteiger partial charge in [0.1, 0.15) is 0 Å². The second-order valence-corrected chi connectivity index (χ2v) is 15.9. The highest BCUT2D eigenvalue weighted by Crippen LogP contribution is 2.72. The van der Waals surface area contributed by atoms with Crippen LogP contribution in [0, 0.1) is 39.4 Å². The molecule has 0 spiro atoms. The maximum Gasteiger partial charge on any atom is 0.485 e. The van der Waals surface area contributed by atoms with Crippen LogP contribution in [-0.4, -0.2) is 54.2 Å². The number of aliphatic hydroxyl groups excluding tert-OH is 1. The SMILES string of the molecule is C[C@H](CCC(N)=[N+](C)C)C1CC[C@@]2(C)C3=C(CC[C@]12C)[C@@]1(C)CC[C@H](O)C(C)(C)C1CC3.O=S(=O)([O-])C(F)(F)F. The van der Waals surface area contributed by atoms with Crippen LogP contribution in [0.3, 0.4) is 0 Å². The van der Waals surface area contributed by atoms with Gasteiger partial charge in [-0.05, 0) is 97.2 Å². The van der Waals surface area contributed by atoms with Gasteiger partial charge in [-0.15, -0.1) is 0 Å². The Morgan fingerprint density at radius 1 is 1.05 bits per heavy atom. The van der Waals surface area contributed by atoms with Gasteiger partial charge in [-0.1, -0.05) is 52.7 Å². The monoisotopic (exact) mass is 592 g/mol. The predicted octanol–water partition coefficient (Wildman–Crippen LogP) is 6.19. The third kappa shape index (κ3) is 5.50. The summed E-state index contributed by atoms with van der Waals surface area (Å²) in [5.41, 5.74) is 5.38. The van der Waals surface area contributed by atoms with Crippen molar-refractivity contribution >= 4 is 16.0 Å². The molecule has 3 N–H and O–H groups in total. The van der Waals surface area contributed by atoms with Crippen molar-refractivity contribution in [1.82, 2.24) is 0 Å². The number of halogens is 3. The van der Waals surface area contributed by atoms with Crippen molar-refractivity contribution in [2.45, 2.75) is 117 Å². The fourth-order valence-corrected chi connectivity index (χ4v) is 9.43. The quantitative estimate of drug-likeness (QED) is 0.101. The summed E-state index contributed by atoms with van der Waals surface area (Å²) in [6.07, 6.45) is 12.1. The lowest BCUT2D eigenvalue weighted by Crippen LogP contribution is -2.55. The number of aliphatic hydroxyl groups is 1. The molecule has 0 saturated heterocycles. The maximum atomic E-state index is 10.8. The van der Waals surface area contributed by atoms with Crippen LogP contribution in [0.25, 0.3) is 0 Å². The molecule has 0 aromatic rings. The molecule has 232 valence electrons. The van der Waals surface area contributed by atoms with E-state index in [1.54, 1.807) is 0 Å². The summed E-state index contributed by atoms with van der Waals surface area (Å²) in [5, 5.41) is 10.8. The van der Waals surface area contributed by atoms with Crippen molar-refractivity contribution in [3.05, 3.63) is 11.1 Å². The van der Waals surface area contributed by atoms with Crippen LogP contribution < -0.4 is 5.73 Å². The molecule has 10 heteroatoms. The van der Waals surface area contributed by atoms with E-state index in [1.165, 1.54) is 51.4 Å². The van der Waals surface area contributed by atoms with E-state index in [9.17, 15) is 18.3 Å². The van der Waals surface area contributed by atoms with E-state index in [4.69, 9.17) is 18.7 Å². The Morgan fingerprint density at radius 2 is 1.62 bits per heavy atom. The first-order valence-electron chi connectivity index (χ1n) is 14.8. The van der Waals surface area contributed by atoms with Crippen molar-refractivity contribution in [3.63, 3.8) is 0 Å². The predicted molar refractivity (Wildman–Crippen MR) is 151 cm³/mol. The van der Waals surface area contributed by atoms with Gasteiger partial charge in [0.2, 0.25) is 5.84 Å². The minimum absolute atomic E-state index is 0.0305. The van der Waals surface area contributed by atoms with Crippen molar-refractivity contribution in [2.24, 2.45) is 45.1 Å². The number of alkyl halides is 3. The molecule has 0 heterocycles. The van der Waals surface area contributed by atoms with Crippen LogP contribution in [0.2, 0.25) is 0 Å². The van der Waals surface area contributed by atoms with Crippen LogP contribution in [0.15, 0.2) is 11.1 Å². The Morgan fingerprint density at radius 3 is 2.15 bits per heavy atom. The molecule has 0 aliphatic heterocycles. The Labute approximate surface area is 239 Å². The highest BCUT2D eigenvalue weighted by Gasteiger charge is 2.63. The van der Waals surface area contributed by atoms with Crippen LogP contribution in [-0.2, 0) is 10.1 Å². The van der Waals surface area contributed by atoms with Crippen LogP contribution in [0.1, 0.15) is 106 Å². The first-order valence-corrected chi connectivity index (χ1v) is 16.2. The van der Waals surface area contributed by atoms with E-state index in [1.807, 2.05) is 11.1 Å². The third-order valence-electron chi connectivity index (χ3n) is 12.2. The zero-order chi connectivity index (χ0) is 30.7. The van der Waals surface area contributed by atoms with E-state index in [0.717, 1.165) is 30.5 Å². The normalized spacial score (nSPS) is 37.9. The van der Waals surface area contributed by atoms with Gasteiger partial charge < -0.3 is 9.66 Å². The molecular weight excluding hydrogens is 541 g/mol. The number of rotatable bonds is 4. The van der Waals surface area contributed by atoms with E-state index in [-0.39, 0.29) is 11.5 Å². The zero-order valence-electron chi connectivity index (χ0n) is 25.6. The standard InChI is InChI=1S/C29H50N2O.CHF3O3S/c1-19(9-12-25(30)31(7)8)20-13-17-29(6)22-10-11-23-26(2,3)24(32)15-16-27(23,4)21(22)14-18-28(20,29)5;2-1(3,4)8(5,6)7/h19-20,23-24,30,32H,9-18H2,1-8H3;(H,5,6,7)/t19-,20?,23?,24+,27-,28-,29+;/m1./s1. The number of amidine groups is 1. The molecule has 7 atom stereocenters. The largest absolute Gasteiger partial charge is 0.741 e. The smallest absolute Gasteiger partial charge is 0.485 e. The topological polar surface area (TPSA) is 106 Å². The number of hydrogen-bond donors (Lipinski definition) is 2. The van der Waals surface area contributed by atoms with E-state index >= 15 is 0 Å². The Bertz CT molecular complexity index is 1140. The van der Waals surface area contributed by atoms with Crippen LogP contribution in [0.5, 0.6) is 0 Å². The highest BCUT2D eigenvalue weighted by molar-refractivity contribution is 7.86. The Kier molecular flexibility index (Phi) is 9.06. The second-order valence-electron chi connectivity index (χ2n) is 14.5. The molecule has 4 aliphatic rings. The molecule has 2 unspecified atom stereocenters. The lowest BCUT2D eigenvalue weighted by atomic mass is 9.43. The van der Waals surface area contributed by atoms with E-state index in [0.29, 0.717) is 22.2 Å². The number of hydrogen-bond acceptors (Lipinski definition) is 4. The summed E-state index contributed by atoms with van der Waals surface area (Å²) in [4.78, 5) is 0. The van der Waals surface area contributed by atoms with Gasteiger partial charge in [-0.3, -0.25) is 10.3 Å². The summed E-state index contributed by atoms with van der Waals surface area (Å²) < 4.78 is 61.0. The van der Waals surface area contributed by atoms with Crippen molar-refractivity contribution < 1.29 is 35.8 Å². The lowest BCUT2D eigenvalue weighted by Gasteiger charge is -2.62. The minimum Gasteiger partial charge on any atom is -0.741 e.